The van der Waals surface area contributed by atoms with Crippen LogP contribution < -0.4 is 10.5 Å². The monoisotopic (exact) mass is 491 g/mol. The molecule has 0 saturated heterocycles. The number of alkyl halides is 6. The molecule has 3 N–H and O–H groups in total. The molecule has 3 aromatic rings. The van der Waals surface area contributed by atoms with E-state index in [1.165, 1.54) is 25.1 Å². The molecule has 5 nitrogen and oxygen atoms in total. The summed E-state index contributed by atoms with van der Waals surface area (Å²) in [5.74, 6) is -0.415. The molecule has 33 heavy (non-hydrogen) atoms. The summed E-state index contributed by atoms with van der Waals surface area (Å²) in [4.78, 5) is 0. The van der Waals surface area contributed by atoms with E-state index in [1.807, 2.05) is 0 Å². The van der Waals surface area contributed by atoms with Crippen LogP contribution in [0.15, 0.2) is 42.5 Å². The molecule has 0 aliphatic rings. The van der Waals surface area contributed by atoms with Gasteiger partial charge in [-0.15, -0.1) is 10.2 Å². The fraction of sp³-hybridized carbons (Fsp3) is 0.333. The molecule has 0 radical (unpaired) electrons. The number of aliphatic hydroxyl groups is 1. The van der Waals surface area contributed by atoms with Crippen LogP contribution in [0, 0.1) is 0 Å². The average Bonchev–Trinajstić information content (AvgIpc) is 3.24. The fourth-order valence-corrected chi connectivity index (χ4v) is 3.68. The van der Waals surface area contributed by atoms with Gasteiger partial charge in [0.05, 0.1) is 29.9 Å². The van der Waals surface area contributed by atoms with Crippen LogP contribution in [0.25, 0.3) is 10.6 Å². The number of halogens is 6. The highest BCUT2D eigenvalue weighted by atomic mass is 32.1. The van der Waals surface area contributed by atoms with E-state index in [1.54, 1.807) is 0 Å². The number of aromatic nitrogens is 2. The lowest BCUT2D eigenvalue weighted by Gasteiger charge is -2.17. The first-order valence-corrected chi connectivity index (χ1v) is 10.4. The van der Waals surface area contributed by atoms with E-state index in [-0.39, 0.29) is 28.6 Å². The van der Waals surface area contributed by atoms with Gasteiger partial charge in [0.25, 0.3) is 0 Å². The Morgan fingerprint density at radius 2 is 1.64 bits per heavy atom. The van der Waals surface area contributed by atoms with Gasteiger partial charge in [-0.1, -0.05) is 23.5 Å². The Morgan fingerprint density at radius 3 is 2.21 bits per heavy atom. The SMILES string of the molecule is CC(N)(CO)c1nnc(-c2ccc(OCCc3ccc(C(F)(F)F)cc3)c(C(F)(F)F)c2)s1. The minimum atomic E-state index is -4.72. The topological polar surface area (TPSA) is 81.3 Å². The number of rotatable bonds is 7. The highest BCUT2D eigenvalue weighted by Gasteiger charge is 2.35. The predicted molar refractivity (Wildman–Crippen MR) is 110 cm³/mol. The zero-order chi connectivity index (χ0) is 24.4. The van der Waals surface area contributed by atoms with Crippen molar-refractivity contribution in [3.63, 3.8) is 0 Å². The summed E-state index contributed by atoms with van der Waals surface area (Å²) in [6.07, 6.45) is -9.07. The molecule has 0 spiro atoms. The van der Waals surface area contributed by atoms with Gasteiger partial charge in [-0.3, -0.25) is 0 Å². The van der Waals surface area contributed by atoms with Crippen LogP contribution in [-0.2, 0) is 24.3 Å². The molecule has 1 atom stereocenters. The summed E-state index contributed by atoms with van der Waals surface area (Å²) >= 11 is 0.965. The molecule has 12 heteroatoms. The van der Waals surface area contributed by atoms with Crippen molar-refractivity contribution < 1.29 is 36.2 Å². The van der Waals surface area contributed by atoms with Crippen molar-refractivity contribution in [2.45, 2.75) is 31.2 Å². The second kappa shape index (κ2) is 9.27. The standard InChI is InChI=1S/C21H19F6N3O2S/c1-19(28,11-31)18-30-29-17(33-18)13-4-7-16(15(10-13)21(25,26)27)32-9-8-12-2-5-14(6-3-12)20(22,23)24/h2-7,10,31H,8-9,11,28H2,1H3. The lowest BCUT2D eigenvalue weighted by molar-refractivity contribution is -0.139. The van der Waals surface area contributed by atoms with Gasteiger partial charge in [-0.2, -0.15) is 26.3 Å². The number of nitrogens with zero attached hydrogens (tertiary/aromatic N) is 2. The number of benzene rings is 2. The molecule has 1 heterocycles. The van der Waals surface area contributed by atoms with E-state index < -0.39 is 41.4 Å². The molecule has 2 aromatic carbocycles. The molecule has 0 bridgehead atoms. The molecule has 0 saturated carbocycles. The molecule has 0 amide bonds. The third kappa shape index (κ3) is 6.01. The van der Waals surface area contributed by atoms with Crippen LogP contribution in [-0.4, -0.2) is 28.5 Å². The van der Waals surface area contributed by atoms with Crippen molar-refractivity contribution in [1.82, 2.24) is 10.2 Å². The van der Waals surface area contributed by atoms with Gasteiger partial charge < -0.3 is 15.6 Å². The maximum absolute atomic E-state index is 13.6. The smallest absolute Gasteiger partial charge is 0.419 e. The Labute approximate surface area is 188 Å². The van der Waals surface area contributed by atoms with Gasteiger partial charge >= 0.3 is 12.4 Å². The van der Waals surface area contributed by atoms with Crippen LogP contribution in [0.3, 0.4) is 0 Å². The first-order chi connectivity index (χ1) is 15.3. The Bertz CT molecular complexity index is 1090. The van der Waals surface area contributed by atoms with Crippen molar-refractivity contribution in [3.05, 3.63) is 64.2 Å². The van der Waals surface area contributed by atoms with E-state index in [9.17, 15) is 31.4 Å². The minimum Gasteiger partial charge on any atom is -0.493 e. The Morgan fingerprint density at radius 1 is 0.970 bits per heavy atom. The Hall–Kier alpha value is -2.70. The van der Waals surface area contributed by atoms with Crippen LogP contribution in [0.1, 0.15) is 28.6 Å². The zero-order valence-electron chi connectivity index (χ0n) is 17.2. The fourth-order valence-electron chi connectivity index (χ4n) is 2.79. The molecule has 1 aromatic heterocycles. The van der Waals surface area contributed by atoms with Gasteiger partial charge in [-0.25, -0.2) is 0 Å². The van der Waals surface area contributed by atoms with Gasteiger partial charge in [-0.05, 0) is 42.8 Å². The number of nitrogens with two attached hydrogens (primary N) is 1. The molecule has 178 valence electrons. The predicted octanol–water partition coefficient (Wildman–Crippen LogP) is 5.03. The quantitative estimate of drug-likeness (QED) is 0.453. The van der Waals surface area contributed by atoms with Crippen molar-refractivity contribution in [3.8, 4) is 16.3 Å². The summed E-state index contributed by atoms with van der Waals surface area (Å²) < 4.78 is 84.1. The highest BCUT2D eigenvalue weighted by molar-refractivity contribution is 7.14. The van der Waals surface area contributed by atoms with Gasteiger partial charge in [0.2, 0.25) is 0 Å². The lowest BCUT2D eigenvalue weighted by atomic mass is 10.1. The summed E-state index contributed by atoms with van der Waals surface area (Å²) in [7, 11) is 0. The molecule has 0 aliphatic carbocycles. The van der Waals surface area contributed by atoms with Crippen molar-refractivity contribution in [1.29, 1.82) is 0 Å². The minimum absolute atomic E-state index is 0.118. The lowest BCUT2D eigenvalue weighted by Crippen LogP contribution is -2.36. The van der Waals surface area contributed by atoms with E-state index in [4.69, 9.17) is 10.5 Å². The summed E-state index contributed by atoms with van der Waals surface area (Å²) in [5, 5.41) is 17.5. The zero-order valence-corrected chi connectivity index (χ0v) is 18.0. The average molecular weight is 491 g/mol. The number of hydrogen-bond acceptors (Lipinski definition) is 6. The second-order valence-corrected chi connectivity index (χ2v) is 8.47. The molecular formula is C21H19F6N3O2S. The largest absolute Gasteiger partial charge is 0.493 e. The first kappa shape index (κ1) is 24.9. The molecule has 3 rings (SSSR count). The van der Waals surface area contributed by atoms with Gasteiger partial charge in [0, 0.05) is 12.0 Å². The number of ether oxygens (including phenoxy) is 1. The third-order valence-electron chi connectivity index (χ3n) is 4.70. The summed E-state index contributed by atoms with van der Waals surface area (Å²) in [6.45, 7) is 0.936. The number of aliphatic hydroxyl groups excluding tert-OH is 1. The highest BCUT2D eigenvalue weighted by Crippen LogP contribution is 2.40. The normalized spacial score (nSPS) is 14.2. The third-order valence-corrected chi connectivity index (χ3v) is 5.96. The van der Waals surface area contributed by atoms with Crippen LogP contribution in [0.5, 0.6) is 5.75 Å². The van der Waals surface area contributed by atoms with E-state index in [0.717, 1.165) is 35.6 Å². The van der Waals surface area contributed by atoms with Crippen LogP contribution in [0.2, 0.25) is 0 Å². The summed E-state index contributed by atoms with van der Waals surface area (Å²) in [5.41, 5.74) is 3.51. The van der Waals surface area contributed by atoms with Crippen molar-refractivity contribution in [2.24, 2.45) is 5.73 Å². The maximum atomic E-state index is 13.6. The maximum Gasteiger partial charge on any atom is 0.419 e. The van der Waals surface area contributed by atoms with Gasteiger partial charge in [0.15, 0.2) is 0 Å². The van der Waals surface area contributed by atoms with Gasteiger partial charge in [0.1, 0.15) is 15.8 Å². The van der Waals surface area contributed by atoms with Crippen molar-refractivity contribution >= 4 is 11.3 Å². The van der Waals surface area contributed by atoms with Crippen LogP contribution in [0.4, 0.5) is 26.3 Å². The Balaban J connectivity index is 1.76. The van der Waals surface area contributed by atoms with Crippen LogP contribution >= 0.6 is 11.3 Å². The first-order valence-electron chi connectivity index (χ1n) is 9.55. The Kier molecular flexibility index (Phi) is 7.01. The molecule has 0 aliphatic heterocycles. The second-order valence-electron chi connectivity index (χ2n) is 7.49. The van der Waals surface area contributed by atoms with E-state index >= 15 is 0 Å². The van der Waals surface area contributed by atoms with Crippen molar-refractivity contribution in [2.75, 3.05) is 13.2 Å². The molecule has 1 unspecified atom stereocenters. The molecule has 0 fully saturated rings. The van der Waals surface area contributed by atoms with E-state index in [0.29, 0.717) is 5.56 Å². The van der Waals surface area contributed by atoms with E-state index in [2.05, 4.69) is 10.2 Å². The summed E-state index contributed by atoms with van der Waals surface area (Å²) in [6, 6.07) is 7.74. The molecular weight excluding hydrogens is 472 g/mol. The number of hydrogen-bond donors (Lipinski definition) is 2.